The zero-order chi connectivity index (χ0) is 19.4. The van der Waals surface area contributed by atoms with Crippen LogP contribution in [-0.4, -0.2) is 10.8 Å². The number of benzene rings is 2. The van der Waals surface area contributed by atoms with Crippen LogP contribution in [0.3, 0.4) is 0 Å². The van der Waals surface area contributed by atoms with E-state index < -0.39 is 4.92 Å². The molecular formula is C19H15ClN2O4S. The number of halogens is 1. The highest BCUT2D eigenvalue weighted by molar-refractivity contribution is 7.12. The van der Waals surface area contributed by atoms with Gasteiger partial charge in [0.15, 0.2) is 0 Å². The van der Waals surface area contributed by atoms with Crippen molar-refractivity contribution >= 4 is 40.2 Å². The van der Waals surface area contributed by atoms with Crippen LogP contribution in [0.1, 0.15) is 20.8 Å². The fourth-order valence-electron chi connectivity index (χ4n) is 2.35. The molecule has 1 amide bonds. The Morgan fingerprint density at radius 2 is 2.04 bits per heavy atom. The van der Waals surface area contributed by atoms with Crippen molar-refractivity contribution in [2.45, 2.75) is 13.5 Å². The van der Waals surface area contributed by atoms with E-state index in [0.29, 0.717) is 17.2 Å². The second-order valence-electron chi connectivity index (χ2n) is 5.75. The van der Waals surface area contributed by atoms with Gasteiger partial charge in [0, 0.05) is 17.7 Å². The molecule has 138 valence electrons. The minimum Gasteiger partial charge on any atom is -0.489 e. The van der Waals surface area contributed by atoms with E-state index in [0.717, 1.165) is 16.9 Å². The smallest absolute Gasteiger partial charge is 0.271 e. The van der Waals surface area contributed by atoms with Crippen molar-refractivity contribution in [3.63, 3.8) is 0 Å². The Kier molecular flexibility index (Phi) is 5.73. The van der Waals surface area contributed by atoms with Gasteiger partial charge < -0.3 is 10.1 Å². The van der Waals surface area contributed by atoms with E-state index in [1.165, 1.54) is 29.5 Å². The summed E-state index contributed by atoms with van der Waals surface area (Å²) in [5.74, 6) is 0.463. The fourth-order valence-corrected chi connectivity index (χ4v) is 3.37. The summed E-state index contributed by atoms with van der Waals surface area (Å²) < 4.78 is 5.78. The number of rotatable bonds is 6. The Labute approximate surface area is 164 Å². The maximum absolute atomic E-state index is 12.4. The molecule has 0 aliphatic heterocycles. The number of nitrogens with zero attached hydrogens (tertiary/aromatic N) is 1. The second kappa shape index (κ2) is 8.20. The minimum absolute atomic E-state index is 0.109. The van der Waals surface area contributed by atoms with Gasteiger partial charge in [0.05, 0.1) is 20.5 Å². The zero-order valence-electron chi connectivity index (χ0n) is 14.3. The van der Waals surface area contributed by atoms with Gasteiger partial charge in [-0.2, -0.15) is 0 Å². The number of para-hydroxylation sites is 1. The molecule has 6 nitrogen and oxygen atoms in total. The van der Waals surface area contributed by atoms with Gasteiger partial charge in [0.1, 0.15) is 12.4 Å². The van der Waals surface area contributed by atoms with Crippen molar-refractivity contribution in [3.05, 3.63) is 85.1 Å². The molecule has 3 rings (SSSR count). The average Bonchev–Trinajstić information content (AvgIpc) is 3.11. The Morgan fingerprint density at radius 1 is 1.26 bits per heavy atom. The van der Waals surface area contributed by atoms with E-state index >= 15 is 0 Å². The molecular weight excluding hydrogens is 388 g/mol. The molecule has 0 spiro atoms. The van der Waals surface area contributed by atoms with Gasteiger partial charge in [0.25, 0.3) is 11.6 Å². The van der Waals surface area contributed by atoms with Crippen LogP contribution in [0.25, 0.3) is 0 Å². The normalized spacial score (nSPS) is 10.4. The van der Waals surface area contributed by atoms with Crippen molar-refractivity contribution in [3.8, 4) is 5.75 Å². The molecule has 8 heteroatoms. The number of non-ortho nitro benzene ring substituents is 1. The van der Waals surface area contributed by atoms with E-state index in [-0.39, 0.29) is 16.6 Å². The lowest BCUT2D eigenvalue weighted by Crippen LogP contribution is -2.10. The topological polar surface area (TPSA) is 81.5 Å². The number of anilines is 1. The molecule has 0 fully saturated rings. The largest absolute Gasteiger partial charge is 0.489 e. The van der Waals surface area contributed by atoms with Crippen molar-refractivity contribution in [1.82, 2.24) is 0 Å². The number of carbonyl (C=O) groups excluding carboxylic acids is 1. The fraction of sp³-hybridized carbons (Fsp3) is 0.105. The first-order valence-corrected chi connectivity index (χ1v) is 9.21. The number of hydrogen-bond donors (Lipinski definition) is 1. The molecule has 1 aromatic heterocycles. The molecule has 0 atom stereocenters. The number of carbonyl (C=O) groups is 1. The monoisotopic (exact) mass is 402 g/mol. The maximum atomic E-state index is 12.4. The number of nitro benzene ring substituents is 1. The molecule has 0 saturated carbocycles. The van der Waals surface area contributed by atoms with Crippen LogP contribution in [0.5, 0.6) is 5.75 Å². The summed E-state index contributed by atoms with van der Waals surface area (Å²) in [6, 6.07) is 13.4. The highest BCUT2D eigenvalue weighted by atomic mass is 35.5. The van der Waals surface area contributed by atoms with Crippen LogP contribution in [-0.2, 0) is 6.61 Å². The molecule has 2 aromatic carbocycles. The number of aryl methyl sites for hydroxylation is 1. The van der Waals surface area contributed by atoms with Gasteiger partial charge in [-0.05, 0) is 36.1 Å². The van der Waals surface area contributed by atoms with E-state index in [9.17, 15) is 14.9 Å². The molecule has 0 radical (unpaired) electrons. The standard InChI is InChI=1S/C19H15ClN2O4S/c1-12-4-2-3-5-17(12)26-10-13-8-18(27-11-13)19(23)21-16-7-6-14(22(24)25)9-15(16)20/h2-9,11H,10H2,1H3,(H,21,23). The van der Waals surface area contributed by atoms with Gasteiger partial charge in [-0.25, -0.2) is 0 Å². The Hall–Kier alpha value is -2.90. The number of amides is 1. The molecule has 1 N–H and O–H groups in total. The van der Waals surface area contributed by atoms with Crippen molar-refractivity contribution < 1.29 is 14.5 Å². The van der Waals surface area contributed by atoms with Crippen molar-refractivity contribution in [1.29, 1.82) is 0 Å². The number of nitro groups is 1. The number of hydrogen-bond acceptors (Lipinski definition) is 5. The summed E-state index contributed by atoms with van der Waals surface area (Å²) in [4.78, 5) is 23.1. The third-order valence-corrected chi connectivity index (χ3v) is 5.07. The molecule has 0 bridgehead atoms. The van der Waals surface area contributed by atoms with E-state index in [2.05, 4.69) is 5.32 Å². The first kappa shape index (κ1) is 18.9. The Morgan fingerprint density at radius 3 is 2.74 bits per heavy atom. The van der Waals surface area contributed by atoms with E-state index in [1.54, 1.807) is 6.07 Å². The zero-order valence-corrected chi connectivity index (χ0v) is 15.8. The molecule has 1 heterocycles. The predicted octanol–water partition coefficient (Wildman–Crippen LogP) is 5.45. The summed E-state index contributed by atoms with van der Waals surface area (Å²) in [7, 11) is 0. The minimum atomic E-state index is -0.544. The van der Waals surface area contributed by atoms with Crippen LogP contribution in [0.15, 0.2) is 53.9 Å². The van der Waals surface area contributed by atoms with Crippen molar-refractivity contribution in [2.75, 3.05) is 5.32 Å². The summed E-state index contributed by atoms with van der Waals surface area (Å²) >= 11 is 7.29. The SMILES string of the molecule is Cc1ccccc1OCc1csc(C(=O)Nc2ccc([N+](=O)[O-])cc2Cl)c1. The molecule has 0 saturated heterocycles. The molecule has 27 heavy (non-hydrogen) atoms. The lowest BCUT2D eigenvalue weighted by atomic mass is 10.2. The first-order valence-electron chi connectivity index (χ1n) is 7.95. The molecule has 3 aromatic rings. The van der Waals surface area contributed by atoms with Gasteiger partial charge in [-0.15, -0.1) is 11.3 Å². The average molecular weight is 403 g/mol. The molecule has 0 aliphatic rings. The third kappa shape index (κ3) is 4.64. The van der Waals surface area contributed by atoms with E-state index in [1.807, 2.05) is 36.6 Å². The lowest BCUT2D eigenvalue weighted by molar-refractivity contribution is -0.384. The van der Waals surface area contributed by atoms with Gasteiger partial charge in [-0.3, -0.25) is 14.9 Å². The maximum Gasteiger partial charge on any atom is 0.271 e. The summed E-state index contributed by atoms with van der Waals surface area (Å²) in [6.45, 7) is 2.32. The highest BCUT2D eigenvalue weighted by Gasteiger charge is 2.14. The third-order valence-electron chi connectivity index (χ3n) is 3.78. The van der Waals surface area contributed by atoms with E-state index in [4.69, 9.17) is 16.3 Å². The van der Waals surface area contributed by atoms with Crippen molar-refractivity contribution in [2.24, 2.45) is 0 Å². The first-order chi connectivity index (χ1) is 12.9. The van der Waals surface area contributed by atoms with Crippen LogP contribution in [0, 0.1) is 17.0 Å². The van der Waals surface area contributed by atoms with Crippen LogP contribution >= 0.6 is 22.9 Å². The van der Waals surface area contributed by atoms with Crippen LogP contribution in [0.2, 0.25) is 5.02 Å². The number of thiophene rings is 1. The highest BCUT2D eigenvalue weighted by Crippen LogP contribution is 2.28. The molecule has 0 aliphatic carbocycles. The predicted molar refractivity (Wildman–Crippen MR) is 106 cm³/mol. The van der Waals surface area contributed by atoms with Gasteiger partial charge in [0.2, 0.25) is 0 Å². The number of nitrogens with one attached hydrogen (secondary N) is 1. The number of ether oxygens (including phenoxy) is 1. The lowest BCUT2D eigenvalue weighted by Gasteiger charge is -2.07. The Balaban J connectivity index is 1.65. The summed E-state index contributed by atoms with van der Waals surface area (Å²) in [6.07, 6.45) is 0. The van der Waals surface area contributed by atoms with Gasteiger partial charge in [-0.1, -0.05) is 29.8 Å². The summed E-state index contributed by atoms with van der Waals surface area (Å²) in [5, 5.41) is 15.4. The van der Waals surface area contributed by atoms with Gasteiger partial charge >= 0.3 is 0 Å². The Bertz CT molecular complexity index is 1000. The summed E-state index contributed by atoms with van der Waals surface area (Å²) in [5.41, 5.74) is 2.10. The van der Waals surface area contributed by atoms with Crippen LogP contribution < -0.4 is 10.1 Å². The van der Waals surface area contributed by atoms with Crippen LogP contribution in [0.4, 0.5) is 11.4 Å². The molecule has 0 unspecified atom stereocenters. The second-order valence-corrected chi connectivity index (χ2v) is 7.07. The quantitative estimate of drug-likeness (QED) is 0.439.